The zero-order valence-electron chi connectivity index (χ0n) is 17.6. The van der Waals surface area contributed by atoms with Gasteiger partial charge in [-0.2, -0.15) is 17.9 Å². The molecule has 2 N–H and O–H groups in total. The number of rotatable bonds is 10. The van der Waals surface area contributed by atoms with Crippen LogP contribution in [0.5, 0.6) is 5.75 Å². The smallest absolute Gasteiger partial charge is 0.412 e. The number of carbonyl (C=O) groups is 2. The Hall–Kier alpha value is -2.26. The summed E-state index contributed by atoms with van der Waals surface area (Å²) in [6, 6.07) is 11.5. The maximum Gasteiger partial charge on any atom is 0.412 e. The molecule has 2 atom stereocenters. The molecule has 2 aromatic rings. The van der Waals surface area contributed by atoms with Crippen LogP contribution in [0.3, 0.4) is 0 Å². The summed E-state index contributed by atoms with van der Waals surface area (Å²) in [5.41, 5.74) is 1.17. The van der Waals surface area contributed by atoms with Crippen molar-refractivity contribution in [3.63, 3.8) is 0 Å². The van der Waals surface area contributed by atoms with Gasteiger partial charge in [-0.1, -0.05) is 15.9 Å². The molecule has 1 amide bonds. The molecule has 11 heteroatoms. The van der Waals surface area contributed by atoms with E-state index in [0.717, 1.165) is 0 Å². The Morgan fingerprint density at radius 3 is 2.55 bits per heavy atom. The lowest BCUT2D eigenvalue weighted by Crippen LogP contribution is -2.30. The molecule has 0 saturated heterocycles. The molecule has 0 spiro atoms. The third kappa shape index (κ3) is 8.23. The zero-order chi connectivity index (χ0) is 24.4. The highest BCUT2D eigenvalue weighted by Gasteiger charge is 2.31. The monoisotopic (exact) mass is 600 g/mol. The van der Waals surface area contributed by atoms with E-state index in [1.54, 1.807) is 43.3 Å². The van der Waals surface area contributed by atoms with Crippen LogP contribution in [-0.2, 0) is 19.0 Å². The molecule has 0 unspecified atom stereocenters. The fourth-order valence-corrected chi connectivity index (χ4v) is 4.25. The first-order chi connectivity index (χ1) is 15.8. The fourth-order valence-electron chi connectivity index (χ4n) is 2.90. The van der Waals surface area contributed by atoms with Crippen molar-refractivity contribution >= 4 is 62.2 Å². The predicted molar refractivity (Wildman–Crippen MR) is 132 cm³/mol. The molecule has 0 fully saturated rings. The largest absolute Gasteiger partial charge is 0.506 e. The number of nitrogens with zero attached hydrogens (tertiary/aromatic N) is 1. The number of benzene rings is 2. The molecule has 0 bridgehead atoms. The molecule has 176 valence electrons. The Labute approximate surface area is 213 Å². The molecule has 2 aromatic carbocycles. The third-order valence-corrected chi connectivity index (χ3v) is 5.69. The number of esters is 1. The first kappa shape index (κ1) is 27.0. The van der Waals surface area contributed by atoms with Gasteiger partial charge in [0.2, 0.25) is 0 Å². The number of hydrogen-bond acceptors (Lipinski definition) is 8. The Balaban J connectivity index is 2.31. The van der Waals surface area contributed by atoms with Crippen LogP contribution in [0.2, 0.25) is 0 Å². The summed E-state index contributed by atoms with van der Waals surface area (Å²) in [6.07, 6.45) is -2.36. The predicted octanol–water partition coefficient (Wildman–Crippen LogP) is 5.35. The average molecular weight is 602 g/mol. The Morgan fingerprint density at radius 2 is 1.94 bits per heavy atom. The molecule has 2 rings (SSSR count). The molecule has 33 heavy (non-hydrogen) atoms. The Kier molecular flexibility index (Phi) is 11.0. The number of amides is 1. The van der Waals surface area contributed by atoms with E-state index < -0.39 is 24.3 Å². The summed E-state index contributed by atoms with van der Waals surface area (Å²) in [5, 5.41) is 22.2. The van der Waals surface area contributed by atoms with Gasteiger partial charge in [0, 0.05) is 28.8 Å². The minimum absolute atomic E-state index is 0.0110. The van der Waals surface area contributed by atoms with Crippen molar-refractivity contribution in [1.29, 1.82) is 5.26 Å². The summed E-state index contributed by atoms with van der Waals surface area (Å²) < 4.78 is 17.6. The molecule has 0 radical (unpaired) electrons. The van der Waals surface area contributed by atoms with Crippen LogP contribution in [-0.4, -0.2) is 42.2 Å². The molecule has 0 aromatic heterocycles. The van der Waals surface area contributed by atoms with Gasteiger partial charge in [-0.25, -0.2) is 4.79 Å². The molecule has 8 nitrogen and oxygen atoms in total. The van der Waals surface area contributed by atoms with Gasteiger partial charge in [0.15, 0.2) is 6.10 Å². The minimum Gasteiger partial charge on any atom is -0.506 e. The third-order valence-electron chi connectivity index (χ3n) is 4.37. The van der Waals surface area contributed by atoms with Crippen LogP contribution in [0.15, 0.2) is 45.3 Å². The number of phenols is 1. The number of anilines is 1. The first-order valence-corrected chi connectivity index (χ1v) is 12.0. The van der Waals surface area contributed by atoms with Crippen LogP contribution in [0.1, 0.15) is 30.6 Å². The van der Waals surface area contributed by atoms with Crippen molar-refractivity contribution < 1.29 is 28.9 Å². The van der Waals surface area contributed by atoms with Crippen LogP contribution in [0.25, 0.3) is 0 Å². The van der Waals surface area contributed by atoms with Gasteiger partial charge in [0.1, 0.15) is 11.9 Å². The molecule has 0 aliphatic heterocycles. The SMILES string of the molecule is CCO[C@H](CCOC(=O)CS)[C@H](OC(=O)Nc1ccc(C#N)cc1)c1cc(Br)cc(Br)c1O. The quantitative estimate of drug-likeness (QED) is 0.248. The van der Waals surface area contributed by atoms with Crippen molar-refractivity contribution in [3.05, 3.63) is 56.5 Å². The molecule has 0 aliphatic carbocycles. The van der Waals surface area contributed by atoms with Crippen LogP contribution in [0, 0.1) is 11.3 Å². The van der Waals surface area contributed by atoms with E-state index in [1.165, 1.54) is 0 Å². The van der Waals surface area contributed by atoms with Crippen LogP contribution >= 0.6 is 44.5 Å². The second-order valence-corrected chi connectivity index (χ2v) is 8.71. The number of hydrogen-bond donors (Lipinski definition) is 3. The molecular formula is C22H22Br2N2O6S. The number of ether oxygens (including phenoxy) is 3. The van der Waals surface area contributed by atoms with E-state index in [2.05, 4.69) is 49.8 Å². The topological polar surface area (TPSA) is 118 Å². The normalized spacial score (nSPS) is 12.3. The van der Waals surface area contributed by atoms with Crippen molar-refractivity contribution in [3.8, 4) is 11.8 Å². The lowest BCUT2D eigenvalue weighted by atomic mass is 10.0. The number of thiol groups is 1. The second kappa shape index (κ2) is 13.4. The van der Waals surface area contributed by atoms with E-state index >= 15 is 0 Å². The van der Waals surface area contributed by atoms with Gasteiger partial charge in [-0.05, 0) is 59.3 Å². The lowest BCUT2D eigenvalue weighted by molar-refractivity contribution is -0.142. The van der Waals surface area contributed by atoms with Crippen molar-refractivity contribution in [1.82, 2.24) is 0 Å². The van der Waals surface area contributed by atoms with Gasteiger partial charge in [0.25, 0.3) is 0 Å². The van der Waals surface area contributed by atoms with Gasteiger partial charge in [-0.15, -0.1) is 0 Å². The number of nitriles is 1. The number of nitrogens with one attached hydrogen (secondary N) is 1. The lowest BCUT2D eigenvalue weighted by Gasteiger charge is -2.28. The van der Waals surface area contributed by atoms with Crippen LogP contribution < -0.4 is 5.32 Å². The van der Waals surface area contributed by atoms with Gasteiger partial charge in [0.05, 0.1) is 28.5 Å². The highest BCUT2D eigenvalue weighted by molar-refractivity contribution is 9.11. The Bertz CT molecular complexity index is 1010. The van der Waals surface area contributed by atoms with Crippen LogP contribution in [0.4, 0.5) is 10.5 Å². The van der Waals surface area contributed by atoms with Crippen molar-refractivity contribution in [2.75, 3.05) is 24.3 Å². The maximum atomic E-state index is 12.7. The summed E-state index contributed by atoms with van der Waals surface area (Å²) in [7, 11) is 0. The first-order valence-electron chi connectivity index (χ1n) is 9.82. The molecule has 0 saturated carbocycles. The molecular weight excluding hydrogens is 580 g/mol. The number of phenolic OH excluding ortho intramolecular Hbond substituents is 1. The van der Waals surface area contributed by atoms with E-state index in [1.807, 2.05) is 6.07 Å². The highest BCUT2D eigenvalue weighted by Crippen LogP contribution is 2.39. The summed E-state index contributed by atoms with van der Waals surface area (Å²) in [6.45, 7) is 2.08. The summed E-state index contributed by atoms with van der Waals surface area (Å²) in [4.78, 5) is 24.2. The molecule has 0 heterocycles. The number of aromatic hydroxyl groups is 1. The van der Waals surface area contributed by atoms with Gasteiger partial charge in [-0.3, -0.25) is 10.1 Å². The van der Waals surface area contributed by atoms with E-state index in [9.17, 15) is 14.7 Å². The summed E-state index contributed by atoms with van der Waals surface area (Å²) in [5.74, 6) is -0.671. The second-order valence-electron chi connectivity index (χ2n) is 6.63. The standard InChI is InChI=1S/C22H22Br2N2O6S/c1-2-30-18(7-8-31-19(27)12-33)21(16-9-14(23)10-17(24)20(16)28)32-22(29)26-15-5-3-13(11-25)4-6-15/h3-6,9-10,18,21,28,33H,2,7-8,12H2,1H3,(H,26,29)/t18-,21-/m1/s1. The van der Waals surface area contributed by atoms with E-state index in [4.69, 9.17) is 19.5 Å². The van der Waals surface area contributed by atoms with Crippen molar-refractivity contribution in [2.45, 2.75) is 25.6 Å². The Morgan fingerprint density at radius 1 is 1.24 bits per heavy atom. The number of carbonyl (C=O) groups excluding carboxylic acids is 2. The van der Waals surface area contributed by atoms with Crippen molar-refractivity contribution in [2.24, 2.45) is 0 Å². The zero-order valence-corrected chi connectivity index (χ0v) is 21.7. The van der Waals surface area contributed by atoms with Gasteiger partial charge >= 0.3 is 12.1 Å². The fraction of sp³-hybridized carbons (Fsp3) is 0.318. The highest BCUT2D eigenvalue weighted by atomic mass is 79.9. The van der Waals surface area contributed by atoms with Gasteiger partial charge < -0.3 is 19.3 Å². The summed E-state index contributed by atoms with van der Waals surface area (Å²) >= 11 is 10.5. The van der Waals surface area contributed by atoms with E-state index in [-0.39, 0.29) is 31.1 Å². The maximum absolute atomic E-state index is 12.7. The minimum atomic E-state index is -1.04. The average Bonchev–Trinajstić information content (AvgIpc) is 2.79. The van der Waals surface area contributed by atoms with E-state index in [0.29, 0.717) is 25.8 Å². The number of halogens is 2. The molecule has 0 aliphatic rings.